The maximum Gasteiger partial charge on any atom is 0.287 e. The van der Waals surface area contributed by atoms with Crippen LogP contribution in [0.3, 0.4) is 0 Å². The van der Waals surface area contributed by atoms with Gasteiger partial charge in [0.15, 0.2) is 0 Å². The summed E-state index contributed by atoms with van der Waals surface area (Å²) >= 11 is 0. The molecule has 132 valence electrons. The van der Waals surface area contributed by atoms with E-state index in [-0.39, 0.29) is 17.6 Å². The summed E-state index contributed by atoms with van der Waals surface area (Å²) in [6, 6.07) is 6.47. The zero-order valence-corrected chi connectivity index (χ0v) is 14.0. The van der Waals surface area contributed by atoms with E-state index >= 15 is 0 Å². The third-order valence-electron chi connectivity index (χ3n) is 3.15. The fourth-order valence-corrected chi connectivity index (χ4v) is 2.04. The van der Waals surface area contributed by atoms with Crippen molar-refractivity contribution < 1.29 is 9.72 Å². The molecule has 2 aromatic rings. The Hall–Kier alpha value is -3.23. The molecule has 0 radical (unpaired) electrons. The Balaban J connectivity index is 1.83. The van der Waals surface area contributed by atoms with E-state index in [4.69, 9.17) is 0 Å². The highest BCUT2D eigenvalue weighted by Crippen LogP contribution is 2.13. The van der Waals surface area contributed by atoms with Gasteiger partial charge in [-0.1, -0.05) is 0 Å². The molecule has 2 heterocycles. The number of rotatable bonds is 8. The number of nitrogens with one attached hydrogen (secondary N) is 3. The predicted molar refractivity (Wildman–Crippen MR) is 94.7 cm³/mol. The van der Waals surface area contributed by atoms with Gasteiger partial charge in [0, 0.05) is 31.4 Å². The van der Waals surface area contributed by atoms with Crippen molar-refractivity contribution in [3.8, 4) is 0 Å². The number of hydrogen-bond donors (Lipinski definition) is 3. The van der Waals surface area contributed by atoms with Crippen molar-refractivity contribution in [2.24, 2.45) is 0 Å². The smallest absolute Gasteiger partial charge is 0.287 e. The summed E-state index contributed by atoms with van der Waals surface area (Å²) in [6.07, 6.45) is 2.81. The number of carbonyl (C=O) groups excluding carboxylic acids is 1. The van der Waals surface area contributed by atoms with Crippen LogP contribution in [0.25, 0.3) is 0 Å². The molecule has 0 aromatic carbocycles. The fraction of sp³-hybridized carbons (Fsp3) is 0.312. The number of aromatic nitrogens is 2. The van der Waals surface area contributed by atoms with Crippen LogP contribution in [0.2, 0.25) is 0 Å². The number of carbonyl (C=O) groups is 1. The summed E-state index contributed by atoms with van der Waals surface area (Å²) in [6.45, 7) is 4.74. The second-order valence-corrected chi connectivity index (χ2v) is 5.54. The second kappa shape index (κ2) is 8.57. The Morgan fingerprint density at radius 1 is 1.24 bits per heavy atom. The molecule has 0 saturated carbocycles. The first-order chi connectivity index (χ1) is 12.0. The van der Waals surface area contributed by atoms with Gasteiger partial charge in [-0.05, 0) is 32.0 Å². The number of amides is 1. The molecule has 0 bridgehead atoms. The average Bonchev–Trinajstić information content (AvgIpc) is 2.59. The summed E-state index contributed by atoms with van der Waals surface area (Å²) in [7, 11) is 0. The lowest BCUT2D eigenvalue weighted by Crippen LogP contribution is -2.30. The molecule has 2 rings (SSSR count). The molecule has 0 saturated heterocycles. The van der Waals surface area contributed by atoms with Crippen LogP contribution in [0.4, 0.5) is 17.3 Å². The van der Waals surface area contributed by atoms with Crippen LogP contribution in [0, 0.1) is 10.1 Å². The Morgan fingerprint density at radius 3 is 2.68 bits per heavy atom. The minimum atomic E-state index is -0.506. The lowest BCUT2D eigenvalue weighted by Gasteiger charge is -2.13. The quantitative estimate of drug-likeness (QED) is 0.380. The van der Waals surface area contributed by atoms with Crippen LogP contribution >= 0.6 is 0 Å². The summed E-state index contributed by atoms with van der Waals surface area (Å²) < 4.78 is 0. The van der Waals surface area contributed by atoms with E-state index in [1.807, 2.05) is 13.8 Å². The average molecular weight is 344 g/mol. The fourth-order valence-electron chi connectivity index (χ4n) is 2.04. The van der Waals surface area contributed by atoms with Gasteiger partial charge in [0.2, 0.25) is 0 Å². The maximum absolute atomic E-state index is 12.3. The molecule has 0 fully saturated rings. The highest BCUT2D eigenvalue weighted by atomic mass is 16.6. The molecular weight excluding hydrogens is 324 g/mol. The minimum absolute atomic E-state index is 0.0689. The Kier molecular flexibility index (Phi) is 6.21. The topological polar surface area (TPSA) is 122 Å². The normalized spacial score (nSPS) is 10.4. The van der Waals surface area contributed by atoms with E-state index in [1.165, 1.54) is 18.3 Å². The van der Waals surface area contributed by atoms with Gasteiger partial charge in [-0.25, -0.2) is 9.97 Å². The third-order valence-corrected chi connectivity index (χ3v) is 3.15. The van der Waals surface area contributed by atoms with Crippen LogP contribution in [0.5, 0.6) is 0 Å². The van der Waals surface area contributed by atoms with Gasteiger partial charge in [-0.15, -0.1) is 0 Å². The summed E-state index contributed by atoms with van der Waals surface area (Å²) in [5.74, 6) is 0.818. The van der Waals surface area contributed by atoms with Crippen molar-refractivity contribution in [3.05, 3.63) is 52.3 Å². The van der Waals surface area contributed by atoms with Gasteiger partial charge in [0.1, 0.15) is 17.8 Å². The van der Waals surface area contributed by atoms with Gasteiger partial charge < -0.3 is 16.0 Å². The van der Waals surface area contributed by atoms with Crippen molar-refractivity contribution in [1.82, 2.24) is 15.3 Å². The highest BCUT2D eigenvalue weighted by Gasteiger charge is 2.12. The molecule has 9 nitrogen and oxygen atoms in total. The molecule has 0 aliphatic carbocycles. The third kappa shape index (κ3) is 5.41. The molecule has 0 atom stereocenters. The van der Waals surface area contributed by atoms with Crippen LogP contribution in [0.15, 0.2) is 36.7 Å². The van der Waals surface area contributed by atoms with Crippen molar-refractivity contribution in [2.45, 2.75) is 19.9 Å². The van der Waals surface area contributed by atoms with E-state index < -0.39 is 4.92 Å². The van der Waals surface area contributed by atoms with Crippen LogP contribution in [-0.2, 0) is 0 Å². The number of nitrogens with zero attached hydrogens (tertiary/aromatic N) is 3. The molecule has 3 N–H and O–H groups in total. The molecule has 0 aliphatic rings. The zero-order chi connectivity index (χ0) is 18.2. The van der Waals surface area contributed by atoms with E-state index in [9.17, 15) is 14.9 Å². The number of hydrogen-bond acceptors (Lipinski definition) is 7. The van der Waals surface area contributed by atoms with E-state index in [2.05, 4.69) is 25.9 Å². The summed E-state index contributed by atoms with van der Waals surface area (Å²) in [5, 5.41) is 19.5. The summed E-state index contributed by atoms with van der Waals surface area (Å²) in [5.41, 5.74) is 0.408. The van der Waals surface area contributed by atoms with Gasteiger partial charge in [0.05, 0.1) is 10.5 Å². The summed E-state index contributed by atoms with van der Waals surface area (Å²) in [4.78, 5) is 30.4. The van der Waals surface area contributed by atoms with E-state index in [0.29, 0.717) is 30.3 Å². The van der Waals surface area contributed by atoms with Crippen molar-refractivity contribution in [2.75, 3.05) is 23.7 Å². The molecule has 2 aromatic heterocycles. The lowest BCUT2D eigenvalue weighted by molar-refractivity contribution is -0.385. The van der Waals surface area contributed by atoms with E-state index in [0.717, 1.165) is 0 Å². The van der Waals surface area contributed by atoms with Crippen molar-refractivity contribution in [3.63, 3.8) is 0 Å². The Morgan fingerprint density at radius 2 is 2.04 bits per heavy atom. The van der Waals surface area contributed by atoms with Crippen molar-refractivity contribution >= 4 is 23.2 Å². The molecular formula is C16H20N6O3. The number of anilines is 2. The molecule has 9 heteroatoms. The Labute approximate surface area is 145 Å². The van der Waals surface area contributed by atoms with Crippen LogP contribution in [0.1, 0.15) is 24.2 Å². The van der Waals surface area contributed by atoms with E-state index in [1.54, 1.807) is 18.3 Å². The largest absolute Gasteiger partial charge is 0.368 e. The maximum atomic E-state index is 12.3. The van der Waals surface area contributed by atoms with Gasteiger partial charge in [0.25, 0.3) is 11.6 Å². The lowest BCUT2D eigenvalue weighted by atomic mass is 10.2. The standard InChI is InChI=1S/C16H20N6O3/c1-11(2)21-15-13(4-3-7-18-15)16(23)19-9-8-17-14-6-5-12(10-20-14)22(24)25/h3-7,10-11H,8-9H2,1-2H3,(H,17,20)(H,18,21)(H,19,23). The first-order valence-electron chi connectivity index (χ1n) is 7.81. The predicted octanol–water partition coefficient (Wildman–Crippen LogP) is 2.05. The first kappa shape index (κ1) is 18.1. The van der Waals surface area contributed by atoms with Gasteiger partial charge in [-0.3, -0.25) is 14.9 Å². The van der Waals surface area contributed by atoms with Crippen LogP contribution < -0.4 is 16.0 Å². The van der Waals surface area contributed by atoms with Gasteiger partial charge in [-0.2, -0.15) is 0 Å². The Bertz CT molecular complexity index is 733. The number of nitro groups is 1. The zero-order valence-electron chi connectivity index (χ0n) is 14.0. The molecule has 25 heavy (non-hydrogen) atoms. The van der Waals surface area contributed by atoms with Crippen molar-refractivity contribution in [1.29, 1.82) is 0 Å². The minimum Gasteiger partial charge on any atom is -0.368 e. The molecule has 0 unspecified atom stereocenters. The number of pyridine rings is 2. The molecule has 0 aliphatic heterocycles. The molecule has 0 spiro atoms. The highest BCUT2D eigenvalue weighted by molar-refractivity contribution is 5.98. The first-order valence-corrected chi connectivity index (χ1v) is 7.81. The van der Waals surface area contributed by atoms with Crippen LogP contribution in [-0.4, -0.2) is 39.9 Å². The molecule has 1 amide bonds. The second-order valence-electron chi connectivity index (χ2n) is 5.54. The van der Waals surface area contributed by atoms with Gasteiger partial charge >= 0.3 is 0 Å². The SMILES string of the molecule is CC(C)Nc1ncccc1C(=O)NCCNc1ccc([N+](=O)[O-])cn1. The monoisotopic (exact) mass is 344 g/mol.